The average molecular weight is 386 g/mol. The molecular formula is C20H17F3N4O. The zero-order valence-electron chi connectivity index (χ0n) is 14.9. The Morgan fingerprint density at radius 2 is 1.82 bits per heavy atom. The lowest BCUT2D eigenvalue weighted by Gasteiger charge is -2.33. The molecule has 4 rings (SSSR count). The SMILES string of the molecule is COc1cccc(C2(c3ccnc(C(F)(F)F)c3)NC(N)c3ncccc32)c1. The molecule has 3 aromatic rings. The molecule has 144 valence electrons. The molecule has 3 N–H and O–H groups in total. The van der Waals surface area contributed by atoms with E-state index in [0.717, 1.165) is 12.3 Å². The molecule has 2 aromatic heterocycles. The van der Waals surface area contributed by atoms with Crippen LogP contribution in [-0.4, -0.2) is 17.1 Å². The molecule has 8 heteroatoms. The predicted octanol–water partition coefficient (Wildman–Crippen LogP) is 3.36. The lowest BCUT2D eigenvalue weighted by Crippen LogP contribution is -2.42. The molecule has 0 bridgehead atoms. The van der Waals surface area contributed by atoms with Gasteiger partial charge in [-0.15, -0.1) is 0 Å². The molecule has 1 aliphatic heterocycles. The maximum Gasteiger partial charge on any atom is 0.433 e. The summed E-state index contributed by atoms with van der Waals surface area (Å²) in [5.41, 5.74) is 6.48. The molecule has 0 saturated heterocycles. The minimum atomic E-state index is -4.57. The molecule has 0 saturated carbocycles. The van der Waals surface area contributed by atoms with E-state index < -0.39 is 23.6 Å². The first-order valence-corrected chi connectivity index (χ1v) is 8.53. The summed E-state index contributed by atoms with van der Waals surface area (Å²) in [5, 5.41) is 3.26. The average Bonchev–Trinajstić information content (AvgIpc) is 3.01. The summed E-state index contributed by atoms with van der Waals surface area (Å²) < 4.78 is 45.3. The van der Waals surface area contributed by atoms with Crippen molar-refractivity contribution < 1.29 is 17.9 Å². The van der Waals surface area contributed by atoms with Gasteiger partial charge in [0.2, 0.25) is 0 Å². The Labute approximate surface area is 159 Å². The van der Waals surface area contributed by atoms with Gasteiger partial charge < -0.3 is 10.5 Å². The van der Waals surface area contributed by atoms with E-state index in [1.807, 2.05) is 12.1 Å². The Morgan fingerprint density at radius 3 is 2.57 bits per heavy atom. The number of nitrogens with one attached hydrogen (secondary N) is 1. The van der Waals surface area contributed by atoms with E-state index in [1.165, 1.54) is 7.11 Å². The minimum absolute atomic E-state index is 0.366. The fourth-order valence-corrected chi connectivity index (χ4v) is 3.68. The second-order valence-electron chi connectivity index (χ2n) is 6.47. The summed E-state index contributed by atoms with van der Waals surface area (Å²) in [6.07, 6.45) is -2.45. The number of alkyl halides is 3. The third-order valence-electron chi connectivity index (χ3n) is 4.90. The number of aromatic nitrogens is 2. The minimum Gasteiger partial charge on any atom is -0.497 e. The van der Waals surface area contributed by atoms with Crippen LogP contribution in [0.4, 0.5) is 13.2 Å². The molecule has 1 aromatic carbocycles. The van der Waals surface area contributed by atoms with Crippen molar-refractivity contribution in [3.8, 4) is 5.75 Å². The highest BCUT2D eigenvalue weighted by Crippen LogP contribution is 2.45. The van der Waals surface area contributed by atoms with Gasteiger partial charge in [-0.25, -0.2) is 0 Å². The summed E-state index contributed by atoms with van der Waals surface area (Å²) in [7, 11) is 1.53. The standard InChI is InChI=1S/C20H17F3N4O/c1-28-14-5-2-4-12(10-14)19(13-7-9-25-16(11-13)20(21,22)23)15-6-3-8-26-17(15)18(24)27-19/h2-11,18,27H,24H2,1H3. The van der Waals surface area contributed by atoms with Gasteiger partial charge in [-0.2, -0.15) is 13.2 Å². The lowest BCUT2D eigenvalue weighted by atomic mass is 9.78. The van der Waals surface area contributed by atoms with Crippen LogP contribution in [0.1, 0.15) is 34.2 Å². The van der Waals surface area contributed by atoms with E-state index >= 15 is 0 Å². The van der Waals surface area contributed by atoms with Crippen LogP contribution >= 0.6 is 0 Å². The van der Waals surface area contributed by atoms with Crippen LogP contribution in [-0.2, 0) is 11.7 Å². The Balaban J connectivity index is 2.02. The molecule has 0 radical (unpaired) electrons. The molecule has 0 spiro atoms. The molecule has 0 aliphatic carbocycles. The quantitative estimate of drug-likeness (QED) is 0.722. The number of fused-ring (bicyclic) bond motifs is 1. The first-order valence-electron chi connectivity index (χ1n) is 8.53. The van der Waals surface area contributed by atoms with Crippen LogP contribution in [0.25, 0.3) is 0 Å². The van der Waals surface area contributed by atoms with E-state index in [9.17, 15) is 13.2 Å². The zero-order chi connectivity index (χ0) is 19.9. The topological polar surface area (TPSA) is 73.1 Å². The van der Waals surface area contributed by atoms with Gasteiger partial charge in [0, 0.05) is 18.0 Å². The van der Waals surface area contributed by atoms with E-state index in [4.69, 9.17) is 10.5 Å². The summed E-state index contributed by atoms with van der Waals surface area (Å²) in [6.45, 7) is 0. The number of pyridine rings is 2. The van der Waals surface area contributed by atoms with Crippen LogP contribution in [0.5, 0.6) is 5.75 Å². The molecule has 1 aliphatic rings. The van der Waals surface area contributed by atoms with Gasteiger partial charge in [0.1, 0.15) is 17.6 Å². The van der Waals surface area contributed by atoms with Crippen molar-refractivity contribution in [2.24, 2.45) is 5.73 Å². The normalized spacial score (nSPS) is 21.4. The number of halogens is 3. The van der Waals surface area contributed by atoms with Crippen LogP contribution in [0.2, 0.25) is 0 Å². The molecule has 2 atom stereocenters. The fourth-order valence-electron chi connectivity index (χ4n) is 3.68. The Hall–Kier alpha value is -2.97. The smallest absolute Gasteiger partial charge is 0.433 e. The van der Waals surface area contributed by atoms with Gasteiger partial charge in [-0.1, -0.05) is 18.2 Å². The monoisotopic (exact) mass is 386 g/mol. The fraction of sp³-hybridized carbons (Fsp3) is 0.200. The third-order valence-corrected chi connectivity index (χ3v) is 4.90. The van der Waals surface area contributed by atoms with Gasteiger partial charge >= 0.3 is 6.18 Å². The van der Waals surface area contributed by atoms with Crippen molar-refractivity contribution in [1.29, 1.82) is 0 Å². The molecule has 0 amide bonds. The van der Waals surface area contributed by atoms with Gasteiger partial charge in [0.25, 0.3) is 0 Å². The van der Waals surface area contributed by atoms with Gasteiger partial charge in [0.05, 0.1) is 18.3 Å². The van der Waals surface area contributed by atoms with Crippen molar-refractivity contribution >= 4 is 0 Å². The van der Waals surface area contributed by atoms with Crippen molar-refractivity contribution in [2.45, 2.75) is 17.9 Å². The van der Waals surface area contributed by atoms with Gasteiger partial charge in [-0.05, 0) is 41.5 Å². The summed E-state index contributed by atoms with van der Waals surface area (Å²) in [5.74, 6) is 0.578. The Morgan fingerprint density at radius 1 is 1.04 bits per heavy atom. The van der Waals surface area contributed by atoms with Crippen molar-refractivity contribution in [2.75, 3.05) is 7.11 Å². The number of nitrogens with zero attached hydrogens (tertiary/aromatic N) is 2. The van der Waals surface area contributed by atoms with Gasteiger partial charge in [0.15, 0.2) is 0 Å². The van der Waals surface area contributed by atoms with E-state index in [1.54, 1.807) is 36.5 Å². The highest BCUT2D eigenvalue weighted by molar-refractivity contribution is 5.56. The van der Waals surface area contributed by atoms with Crippen molar-refractivity contribution in [3.05, 3.63) is 89.0 Å². The lowest BCUT2D eigenvalue weighted by molar-refractivity contribution is -0.141. The highest BCUT2D eigenvalue weighted by Gasteiger charge is 2.47. The number of benzene rings is 1. The zero-order valence-corrected chi connectivity index (χ0v) is 14.9. The van der Waals surface area contributed by atoms with Crippen LogP contribution in [0.3, 0.4) is 0 Å². The first kappa shape index (κ1) is 18.4. The molecule has 5 nitrogen and oxygen atoms in total. The second-order valence-corrected chi connectivity index (χ2v) is 6.47. The Kier molecular flexibility index (Phi) is 4.32. The summed E-state index contributed by atoms with van der Waals surface area (Å²) in [4.78, 5) is 7.83. The second kappa shape index (κ2) is 6.57. The molecular weight excluding hydrogens is 369 g/mol. The molecule has 0 fully saturated rings. The summed E-state index contributed by atoms with van der Waals surface area (Å²) >= 11 is 0. The number of methoxy groups -OCH3 is 1. The summed E-state index contributed by atoms with van der Waals surface area (Å²) in [6, 6.07) is 13.3. The van der Waals surface area contributed by atoms with E-state index in [0.29, 0.717) is 28.1 Å². The molecule has 3 heterocycles. The number of nitrogens with two attached hydrogens (primary N) is 1. The van der Waals surface area contributed by atoms with E-state index in [-0.39, 0.29) is 0 Å². The molecule has 2 unspecified atom stereocenters. The molecule has 28 heavy (non-hydrogen) atoms. The number of rotatable bonds is 3. The van der Waals surface area contributed by atoms with E-state index in [2.05, 4.69) is 15.3 Å². The number of hydrogen-bond donors (Lipinski definition) is 2. The third kappa shape index (κ3) is 2.81. The predicted molar refractivity (Wildman–Crippen MR) is 96.4 cm³/mol. The first-order chi connectivity index (χ1) is 13.4. The maximum atomic E-state index is 13.3. The maximum absolute atomic E-state index is 13.3. The highest BCUT2D eigenvalue weighted by atomic mass is 19.4. The van der Waals surface area contributed by atoms with Crippen LogP contribution < -0.4 is 15.8 Å². The van der Waals surface area contributed by atoms with Crippen LogP contribution in [0.15, 0.2) is 60.9 Å². The largest absolute Gasteiger partial charge is 0.497 e. The Bertz CT molecular complexity index is 1020. The number of ether oxygens (including phenoxy) is 1. The van der Waals surface area contributed by atoms with Gasteiger partial charge in [-0.3, -0.25) is 15.3 Å². The van der Waals surface area contributed by atoms with Crippen LogP contribution in [0, 0.1) is 0 Å². The number of hydrogen-bond acceptors (Lipinski definition) is 5. The van der Waals surface area contributed by atoms with Crippen molar-refractivity contribution in [1.82, 2.24) is 15.3 Å². The van der Waals surface area contributed by atoms with Crippen molar-refractivity contribution in [3.63, 3.8) is 0 Å².